The molecule has 1 aromatic heterocycles. The van der Waals surface area contributed by atoms with Gasteiger partial charge in [-0.25, -0.2) is 17.7 Å². The summed E-state index contributed by atoms with van der Waals surface area (Å²) < 4.78 is 28.5. The molecule has 1 aliphatic heterocycles. The van der Waals surface area contributed by atoms with Crippen molar-refractivity contribution in [2.45, 2.75) is 50.7 Å². The van der Waals surface area contributed by atoms with Crippen LogP contribution in [-0.2, 0) is 29.5 Å². The third-order valence-corrected chi connectivity index (χ3v) is 7.68. The third-order valence-electron chi connectivity index (χ3n) is 5.87. The minimum absolute atomic E-state index is 0.277. The average Bonchev–Trinajstić information content (AvgIpc) is 3.06. The van der Waals surface area contributed by atoms with E-state index in [4.69, 9.17) is 4.98 Å². The molecule has 7 heteroatoms. The summed E-state index contributed by atoms with van der Waals surface area (Å²) in [4.78, 5) is 7.55. The summed E-state index contributed by atoms with van der Waals surface area (Å²) in [6.07, 6.45) is 2.22. The zero-order valence-electron chi connectivity index (χ0n) is 17.5. The van der Waals surface area contributed by atoms with Gasteiger partial charge in [0.15, 0.2) is 0 Å². The normalized spacial score (nSPS) is 17.1. The number of para-hydroxylation sites is 1. The van der Waals surface area contributed by atoms with Gasteiger partial charge in [0.2, 0.25) is 10.0 Å². The Morgan fingerprint density at radius 1 is 1.17 bits per heavy atom. The molecule has 29 heavy (non-hydrogen) atoms. The van der Waals surface area contributed by atoms with Gasteiger partial charge in [-0.1, -0.05) is 18.2 Å². The minimum Gasteiger partial charge on any atom is -0.361 e. The molecule has 0 radical (unpaired) electrons. The third kappa shape index (κ3) is 3.42. The van der Waals surface area contributed by atoms with Crippen LogP contribution in [0.15, 0.2) is 47.4 Å². The van der Waals surface area contributed by atoms with Gasteiger partial charge in [-0.3, -0.25) is 0 Å². The highest BCUT2D eigenvalue weighted by molar-refractivity contribution is 7.89. The molecule has 0 amide bonds. The highest BCUT2D eigenvalue weighted by atomic mass is 32.2. The van der Waals surface area contributed by atoms with Gasteiger partial charge in [-0.05, 0) is 56.5 Å². The van der Waals surface area contributed by atoms with Gasteiger partial charge in [0.1, 0.15) is 5.82 Å². The smallest absolute Gasteiger partial charge is 0.242 e. The van der Waals surface area contributed by atoms with Crippen molar-refractivity contribution in [3.05, 3.63) is 53.9 Å². The molecule has 1 atom stereocenters. The number of sulfonamides is 1. The van der Waals surface area contributed by atoms with Gasteiger partial charge in [-0.15, -0.1) is 0 Å². The van der Waals surface area contributed by atoms with Gasteiger partial charge in [0.05, 0.1) is 22.5 Å². The summed E-state index contributed by atoms with van der Waals surface area (Å²) in [5.74, 6) is 0.963. The lowest BCUT2D eigenvalue weighted by atomic mass is 9.96. The lowest BCUT2D eigenvalue weighted by molar-refractivity contribution is 0.521. The van der Waals surface area contributed by atoms with E-state index in [0.717, 1.165) is 36.2 Å². The molecule has 1 unspecified atom stereocenters. The maximum absolute atomic E-state index is 12.5. The van der Waals surface area contributed by atoms with Gasteiger partial charge < -0.3 is 9.47 Å². The van der Waals surface area contributed by atoms with E-state index in [1.54, 1.807) is 26.2 Å². The second kappa shape index (κ2) is 7.46. The van der Waals surface area contributed by atoms with Crippen LogP contribution < -0.4 is 4.90 Å². The van der Waals surface area contributed by atoms with E-state index in [1.807, 2.05) is 6.07 Å². The van der Waals surface area contributed by atoms with Crippen molar-refractivity contribution >= 4 is 26.7 Å². The zero-order chi connectivity index (χ0) is 20.8. The largest absolute Gasteiger partial charge is 0.361 e. The number of nitrogens with zero attached hydrogens (tertiary/aromatic N) is 4. The Hall–Kier alpha value is -2.38. The van der Waals surface area contributed by atoms with Crippen LogP contribution in [0.2, 0.25) is 0 Å². The lowest BCUT2D eigenvalue weighted by Gasteiger charge is -2.37. The molecule has 0 bridgehead atoms. The van der Waals surface area contributed by atoms with Crippen LogP contribution in [0.25, 0.3) is 11.0 Å². The molecular formula is C22H28N4O2S. The zero-order valence-corrected chi connectivity index (χ0v) is 18.3. The minimum atomic E-state index is -3.48. The summed E-state index contributed by atoms with van der Waals surface area (Å²) in [7, 11) is -0.388. The molecule has 0 saturated carbocycles. The fourth-order valence-corrected chi connectivity index (χ4v) is 5.08. The number of fused-ring (bicyclic) bond motifs is 2. The summed E-state index contributed by atoms with van der Waals surface area (Å²) in [6.45, 7) is 5.85. The number of imidazole rings is 1. The summed E-state index contributed by atoms with van der Waals surface area (Å²) in [5.41, 5.74) is 4.35. The maximum Gasteiger partial charge on any atom is 0.242 e. The second-order valence-corrected chi connectivity index (χ2v) is 10.0. The van der Waals surface area contributed by atoms with Crippen LogP contribution >= 0.6 is 0 Å². The van der Waals surface area contributed by atoms with Crippen LogP contribution in [0.3, 0.4) is 0 Å². The monoisotopic (exact) mass is 412 g/mol. The quantitative estimate of drug-likeness (QED) is 0.642. The first-order valence-electron chi connectivity index (χ1n) is 10.1. The van der Waals surface area contributed by atoms with Crippen LogP contribution in [-0.4, -0.2) is 42.4 Å². The SMILES string of the molecule is CCn1c(CN2c3ccccc3CCC2C)nc2cc(S(=O)(=O)N(C)C)ccc21. The number of anilines is 1. The highest BCUT2D eigenvalue weighted by Gasteiger charge is 2.25. The van der Waals surface area contributed by atoms with Crippen molar-refractivity contribution in [1.29, 1.82) is 0 Å². The topological polar surface area (TPSA) is 58.4 Å². The van der Waals surface area contributed by atoms with Crippen molar-refractivity contribution < 1.29 is 8.42 Å². The predicted octanol–water partition coefficient (Wildman–Crippen LogP) is 3.65. The average molecular weight is 413 g/mol. The Labute approximate surface area is 172 Å². The molecule has 1 aliphatic rings. The number of benzene rings is 2. The number of rotatable bonds is 5. The van der Waals surface area contributed by atoms with E-state index in [9.17, 15) is 8.42 Å². The molecular weight excluding hydrogens is 384 g/mol. The van der Waals surface area contributed by atoms with E-state index in [-0.39, 0.29) is 4.90 Å². The summed E-state index contributed by atoms with van der Waals surface area (Å²) >= 11 is 0. The number of aromatic nitrogens is 2. The molecule has 0 saturated heterocycles. The van der Waals surface area contributed by atoms with Crippen LogP contribution in [0.1, 0.15) is 31.7 Å². The van der Waals surface area contributed by atoms with Crippen molar-refractivity contribution in [3.63, 3.8) is 0 Å². The Morgan fingerprint density at radius 2 is 1.93 bits per heavy atom. The molecule has 3 aromatic rings. The van der Waals surface area contributed by atoms with E-state index in [0.29, 0.717) is 12.6 Å². The van der Waals surface area contributed by atoms with E-state index in [2.05, 4.69) is 47.6 Å². The summed E-state index contributed by atoms with van der Waals surface area (Å²) in [5, 5.41) is 0. The van der Waals surface area contributed by atoms with Crippen molar-refractivity contribution in [2.75, 3.05) is 19.0 Å². The standard InChI is InChI=1S/C22H28N4O2S/c1-5-25-21-13-12-18(29(27,28)24(3)4)14-19(21)23-22(25)15-26-16(2)10-11-17-8-6-7-9-20(17)26/h6-9,12-14,16H,5,10-11,15H2,1-4H3. The Bertz CT molecular complexity index is 1150. The lowest BCUT2D eigenvalue weighted by Crippen LogP contribution is -2.37. The molecule has 154 valence electrons. The Balaban J connectivity index is 1.77. The predicted molar refractivity (Wildman–Crippen MR) is 117 cm³/mol. The highest BCUT2D eigenvalue weighted by Crippen LogP contribution is 2.32. The molecule has 0 N–H and O–H groups in total. The van der Waals surface area contributed by atoms with Crippen LogP contribution in [0.5, 0.6) is 0 Å². The first kappa shape index (κ1) is 19.9. The van der Waals surface area contributed by atoms with Crippen LogP contribution in [0.4, 0.5) is 5.69 Å². The molecule has 2 aromatic carbocycles. The molecule has 6 nitrogen and oxygen atoms in total. The van der Waals surface area contributed by atoms with Crippen LogP contribution in [0, 0.1) is 0 Å². The van der Waals surface area contributed by atoms with Gasteiger partial charge >= 0.3 is 0 Å². The first-order valence-corrected chi connectivity index (χ1v) is 11.5. The fraction of sp³-hybridized carbons (Fsp3) is 0.409. The Kier molecular flexibility index (Phi) is 5.12. The molecule has 0 spiro atoms. The molecule has 2 heterocycles. The maximum atomic E-state index is 12.5. The number of aryl methyl sites for hydroxylation is 2. The van der Waals surface area contributed by atoms with E-state index < -0.39 is 10.0 Å². The molecule has 4 rings (SSSR count). The first-order chi connectivity index (χ1) is 13.8. The fourth-order valence-electron chi connectivity index (χ4n) is 4.16. The van der Waals surface area contributed by atoms with Gasteiger partial charge in [0, 0.05) is 32.4 Å². The second-order valence-electron chi connectivity index (χ2n) is 7.85. The van der Waals surface area contributed by atoms with Crippen molar-refractivity contribution in [2.24, 2.45) is 0 Å². The molecule has 0 aliphatic carbocycles. The Morgan fingerprint density at radius 3 is 2.66 bits per heavy atom. The summed E-state index contributed by atoms with van der Waals surface area (Å²) in [6, 6.07) is 14.2. The van der Waals surface area contributed by atoms with Gasteiger partial charge in [-0.2, -0.15) is 0 Å². The van der Waals surface area contributed by atoms with E-state index in [1.165, 1.54) is 15.6 Å². The van der Waals surface area contributed by atoms with Crippen molar-refractivity contribution in [1.82, 2.24) is 13.9 Å². The van der Waals surface area contributed by atoms with E-state index >= 15 is 0 Å². The van der Waals surface area contributed by atoms with Crippen molar-refractivity contribution in [3.8, 4) is 0 Å². The number of hydrogen-bond donors (Lipinski definition) is 0. The molecule has 0 fully saturated rings. The number of hydrogen-bond acceptors (Lipinski definition) is 4. The van der Waals surface area contributed by atoms with Gasteiger partial charge in [0.25, 0.3) is 0 Å².